The molecule has 0 radical (unpaired) electrons. The van der Waals surface area contributed by atoms with Crippen LogP contribution in [-0.2, 0) is 0 Å². The van der Waals surface area contributed by atoms with Crippen LogP contribution in [0.25, 0.3) is 10.9 Å². The van der Waals surface area contributed by atoms with Gasteiger partial charge >= 0.3 is 0 Å². The molecule has 0 atom stereocenters. The van der Waals surface area contributed by atoms with E-state index in [0.717, 1.165) is 36.6 Å². The molecule has 3 rings (SSSR count). The lowest BCUT2D eigenvalue weighted by molar-refractivity contribution is 0.0835. The third-order valence-electron chi connectivity index (χ3n) is 3.93. The molecule has 0 spiro atoms. The molecule has 1 fully saturated rings. The predicted molar refractivity (Wildman–Crippen MR) is 71.8 cm³/mol. The number of hydrogen-bond acceptors (Lipinski definition) is 3. The summed E-state index contributed by atoms with van der Waals surface area (Å²) in [5, 5.41) is 20.2. The van der Waals surface area contributed by atoms with E-state index in [1.54, 1.807) is 0 Å². The molecule has 2 aromatic rings. The molecule has 0 aliphatic heterocycles. The van der Waals surface area contributed by atoms with Gasteiger partial charge in [0.2, 0.25) is 0 Å². The monoisotopic (exact) mass is 259 g/mol. The molecule has 19 heavy (non-hydrogen) atoms. The number of para-hydroxylation sites is 1. The maximum Gasteiger partial charge on any atom is 0.272 e. The largest absolute Gasteiger partial charge is 0.394 e. The number of rotatable bonds is 3. The van der Waals surface area contributed by atoms with Crippen molar-refractivity contribution in [2.45, 2.75) is 31.2 Å². The number of H-pyrrole nitrogens is 1. The molecule has 0 saturated heterocycles. The first-order valence-corrected chi connectivity index (χ1v) is 6.61. The number of aliphatic hydroxyl groups excluding tert-OH is 1. The van der Waals surface area contributed by atoms with Gasteiger partial charge in [0, 0.05) is 5.39 Å². The third kappa shape index (κ3) is 2.10. The molecule has 1 aliphatic rings. The fourth-order valence-electron chi connectivity index (χ4n) is 2.81. The highest BCUT2D eigenvalue weighted by molar-refractivity contribution is 6.04. The number of fused-ring (bicyclic) bond motifs is 1. The number of nitrogens with one attached hydrogen (secondary N) is 2. The molecule has 0 unspecified atom stereocenters. The first-order chi connectivity index (χ1) is 9.24. The Bertz CT molecular complexity index is 600. The maximum atomic E-state index is 12.3. The van der Waals surface area contributed by atoms with Crippen molar-refractivity contribution in [3.8, 4) is 0 Å². The Kier molecular flexibility index (Phi) is 2.98. The van der Waals surface area contributed by atoms with E-state index in [1.807, 2.05) is 24.3 Å². The quantitative estimate of drug-likeness (QED) is 0.783. The van der Waals surface area contributed by atoms with Gasteiger partial charge < -0.3 is 10.4 Å². The van der Waals surface area contributed by atoms with E-state index < -0.39 is 5.54 Å². The Morgan fingerprint density at radius 3 is 2.84 bits per heavy atom. The SMILES string of the molecule is O=C(NC1(CO)CCCC1)c1n[nH]c2ccccc12. The topological polar surface area (TPSA) is 78.0 Å². The summed E-state index contributed by atoms with van der Waals surface area (Å²) in [6.07, 6.45) is 3.75. The van der Waals surface area contributed by atoms with E-state index in [-0.39, 0.29) is 12.5 Å². The van der Waals surface area contributed by atoms with E-state index in [9.17, 15) is 9.90 Å². The van der Waals surface area contributed by atoms with Gasteiger partial charge in [-0.05, 0) is 18.9 Å². The second-order valence-electron chi connectivity index (χ2n) is 5.22. The lowest BCUT2D eigenvalue weighted by atomic mass is 9.98. The zero-order chi connectivity index (χ0) is 13.3. The first-order valence-electron chi connectivity index (χ1n) is 6.61. The van der Waals surface area contributed by atoms with Crippen LogP contribution in [-0.4, -0.2) is 33.4 Å². The average Bonchev–Trinajstić information content (AvgIpc) is 3.05. The standard InChI is InChI=1S/C14H17N3O2/c18-9-14(7-3-4-8-14)15-13(19)12-10-5-1-2-6-11(10)16-17-12/h1-2,5-6,18H,3-4,7-9H2,(H,15,19)(H,16,17). The van der Waals surface area contributed by atoms with Gasteiger partial charge in [-0.2, -0.15) is 5.10 Å². The Morgan fingerprint density at radius 2 is 2.11 bits per heavy atom. The van der Waals surface area contributed by atoms with Crippen LogP contribution in [0, 0.1) is 0 Å². The fourth-order valence-corrected chi connectivity index (χ4v) is 2.81. The molecule has 1 aliphatic carbocycles. The molecule has 1 amide bonds. The van der Waals surface area contributed by atoms with Crippen LogP contribution in [0.5, 0.6) is 0 Å². The minimum atomic E-state index is -0.461. The van der Waals surface area contributed by atoms with E-state index in [0.29, 0.717) is 5.69 Å². The van der Waals surface area contributed by atoms with E-state index in [1.165, 1.54) is 0 Å². The van der Waals surface area contributed by atoms with Gasteiger partial charge in [0.1, 0.15) is 0 Å². The highest BCUT2D eigenvalue weighted by atomic mass is 16.3. The van der Waals surface area contributed by atoms with Gasteiger partial charge in [0.25, 0.3) is 5.91 Å². The molecule has 100 valence electrons. The normalized spacial score (nSPS) is 17.7. The number of amides is 1. The van der Waals surface area contributed by atoms with Crippen LogP contribution >= 0.6 is 0 Å². The molecule has 1 aromatic heterocycles. The van der Waals surface area contributed by atoms with Crippen LogP contribution in [0.2, 0.25) is 0 Å². The molecule has 1 heterocycles. The van der Waals surface area contributed by atoms with E-state index >= 15 is 0 Å². The summed E-state index contributed by atoms with van der Waals surface area (Å²) in [6, 6.07) is 7.53. The van der Waals surface area contributed by atoms with Gasteiger partial charge in [-0.1, -0.05) is 31.0 Å². The second kappa shape index (κ2) is 4.66. The van der Waals surface area contributed by atoms with Crippen LogP contribution in [0.3, 0.4) is 0 Å². The lowest BCUT2D eigenvalue weighted by Gasteiger charge is -2.27. The van der Waals surface area contributed by atoms with Gasteiger partial charge in [0.15, 0.2) is 5.69 Å². The van der Waals surface area contributed by atoms with Crippen molar-refractivity contribution in [1.82, 2.24) is 15.5 Å². The average molecular weight is 259 g/mol. The van der Waals surface area contributed by atoms with Crippen LogP contribution in [0.1, 0.15) is 36.2 Å². The Hall–Kier alpha value is -1.88. The van der Waals surface area contributed by atoms with Crippen molar-refractivity contribution in [3.05, 3.63) is 30.0 Å². The van der Waals surface area contributed by atoms with Crippen LogP contribution in [0.4, 0.5) is 0 Å². The van der Waals surface area contributed by atoms with Crippen LogP contribution in [0.15, 0.2) is 24.3 Å². The molecule has 3 N–H and O–H groups in total. The summed E-state index contributed by atoms with van der Waals surface area (Å²) in [5.41, 5.74) is 0.782. The predicted octanol–water partition coefficient (Wildman–Crippen LogP) is 1.60. The van der Waals surface area contributed by atoms with E-state index in [4.69, 9.17) is 0 Å². The van der Waals surface area contributed by atoms with Crippen molar-refractivity contribution in [2.75, 3.05) is 6.61 Å². The Labute approximate surface area is 111 Å². The van der Waals surface area contributed by atoms with Crippen molar-refractivity contribution in [1.29, 1.82) is 0 Å². The van der Waals surface area contributed by atoms with Crippen molar-refractivity contribution in [3.63, 3.8) is 0 Å². The molecule has 5 nitrogen and oxygen atoms in total. The Balaban J connectivity index is 1.88. The minimum absolute atomic E-state index is 0.0128. The number of aromatic amines is 1. The lowest BCUT2D eigenvalue weighted by Crippen LogP contribution is -2.49. The number of carbonyl (C=O) groups is 1. The number of aliphatic hydroxyl groups is 1. The van der Waals surface area contributed by atoms with Crippen molar-refractivity contribution < 1.29 is 9.90 Å². The Morgan fingerprint density at radius 1 is 1.37 bits per heavy atom. The van der Waals surface area contributed by atoms with Crippen LogP contribution < -0.4 is 5.32 Å². The summed E-state index contributed by atoms with van der Waals surface area (Å²) in [5.74, 6) is -0.214. The fraction of sp³-hybridized carbons (Fsp3) is 0.429. The third-order valence-corrected chi connectivity index (χ3v) is 3.93. The number of carbonyl (C=O) groups excluding carboxylic acids is 1. The van der Waals surface area contributed by atoms with Gasteiger partial charge in [-0.3, -0.25) is 9.89 Å². The molecular weight excluding hydrogens is 242 g/mol. The smallest absolute Gasteiger partial charge is 0.272 e. The second-order valence-corrected chi connectivity index (χ2v) is 5.22. The van der Waals surface area contributed by atoms with Gasteiger partial charge in [-0.25, -0.2) is 0 Å². The van der Waals surface area contributed by atoms with Gasteiger partial charge in [-0.15, -0.1) is 0 Å². The first kappa shape index (κ1) is 12.2. The highest BCUT2D eigenvalue weighted by Crippen LogP contribution is 2.29. The van der Waals surface area contributed by atoms with E-state index in [2.05, 4.69) is 15.5 Å². The number of nitrogens with zero attached hydrogens (tertiary/aromatic N) is 1. The maximum absolute atomic E-state index is 12.3. The minimum Gasteiger partial charge on any atom is -0.394 e. The number of benzene rings is 1. The molecule has 1 aromatic carbocycles. The molecular formula is C14H17N3O2. The van der Waals surface area contributed by atoms with Gasteiger partial charge in [0.05, 0.1) is 17.7 Å². The summed E-state index contributed by atoms with van der Waals surface area (Å²) in [4.78, 5) is 12.3. The zero-order valence-corrected chi connectivity index (χ0v) is 10.6. The van der Waals surface area contributed by atoms with Crippen molar-refractivity contribution >= 4 is 16.8 Å². The summed E-state index contributed by atoms with van der Waals surface area (Å²) >= 11 is 0. The summed E-state index contributed by atoms with van der Waals surface area (Å²) in [6.45, 7) is -0.0128. The number of hydrogen-bond donors (Lipinski definition) is 3. The summed E-state index contributed by atoms with van der Waals surface area (Å²) < 4.78 is 0. The molecule has 5 heteroatoms. The molecule has 1 saturated carbocycles. The van der Waals surface area contributed by atoms with Crippen molar-refractivity contribution in [2.24, 2.45) is 0 Å². The number of aromatic nitrogens is 2. The molecule has 0 bridgehead atoms. The summed E-state index contributed by atoms with van der Waals surface area (Å²) in [7, 11) is 0. The zero-order valence-electron chi connectivity index (χ0n) is 10.6. The highest BCUT2D eigenvalue weighted by Gasteiger charge is 2.35.